The van der Waals surface area contributed by atoms with E-state index >= 15 is 0 Å². The summed E-state index contributed by atoms with van der Waals surface area (Å²) in [5.74, 6) is 0. The molecule has 0 aromatic carbocycles. The third kappa shape index (κ3) is 3.72. The number of hydrogen-bond acceptors (Lipinski definition) is 2. The van der Waals surface area contributed by atoms with E-state index < -0.39 is 0 Å². The monoisotopic (exact) mass is 293 g/mol. The Bertz CT molecular complexity index is 323. The second-order valence-corrected chi connectivity index (χ2v) is 4.65. The van der Waals surface area contributed by atoms with Gasteiger partial charge in [-0.3, -0.25) is 0 Å². The third-order valence-electron chi connectivity index (χ3n) is 3.76. The Balaban J connectivity index is 0.00000144. The molecule has 0 spiro atoms. The number of quaternary nitrogens is 1. The largest absolute Gasteiger partial charge is 1.00 e. The van der Waals surface area contributed by atoms with Crippen LogP contribution in [0, 0.1) is 5.41 Å². The van der Waals surface area contributed by atoms with Gasteiger partial charge in [0.25, 0.3) is 0 Å². The van der Waals surface area contributed by atoms with E-state index in [4.69, 9.17) is 0 Å². The number of H-pyrrole nitrogens is 1. The first kappa shape index (κ1) is 17.4. The van der Waals surface area contributed by atoms with Crippen LogP contribution in [-0.4, -0.2) is 31.3 Å². The third-order valence-corrected chi connectivity index (χ3v) is 3.76. The molecule has 0 saturated carbocycles. The average Bonchev–Trinajstić information content (AvgIpc) is 2.40. The summed E-state index contributed by atoms with van der Waals surface area (Å²) in [6.45, 7) is 3.13. The molecule has 104 valence electrons. The van der Waals surface area contributed by atoms with Gasteiger partial charge in [0.05, 0.1) is 13.2 Å². The summed E-state index contributed by atoms with van der Waals surface area (Å²) >= 11 is 0. The minimum Gasteiger partial charge on any atom is -1.00 e. The summed E-state index contributed by atoms with van der Waals surface area (Å²) in [6.07, 6.45) is 5.96. The van der Waals surface area contributed by atoms with Crippen LogP contribution in [0.4, 0.5) is 5.69 Å². The number of piperidine rings is 1. The molecular formula is C12H21Cl2N3O. The fraction of sp³-hybridized carbons (Fsp3) is 0.583. The number of anilines is 1. The van der Waals surface area contributed by atoms with E-state index in [1.54, 1.807) is 0 Å². The summed E-state index contributed by atoms with van der Waals surface area (Å²) in [7, 11) is 0. The first-order chi connectivity index (χ1) is 7.79. The van der Waals surface area contributed by atoms with E-state index in [1.165, 1.54) is 5.69 Å². The van der Waals surface area contributed by atoms with Crippen LogP contribution in [-0.2, 0) is 0 Å². The maximum absolute atomic E-state index is 9.43. The summed E-state index contributed by atoms with van der Waals surface area (Å²) in [4.78, 5) is 5.41. The Labute approximate surface area is 120 Å². The smallest absolute Gasteiger partial charge is 0.169 e. The Morgan fingerprint density at radius 1 is 1.22 bits per heavy atom. The van der Waals surface area contributed by atoms with Gasteiger partial charge < -0.3 is 40.6 Å². The Hall–Kier alpha value is -0.550. The molecule has 0 radical (unpaired) electrons. The van der Waals surface area contributed by atoms with Crippen LogP contribution in [0.2, 0.25) is 0 Å². The van der Waals surface area contributed by atoms with Crippen molar-refractivity contribution in [3.05, 3.63) is 24.5 Å². The highest BCUT2D eigenvalue weighted by Crippen LogP contribution is 2.31. The van der Waals surface area contributed by atoms with Crippen molar-refractivity contribution in [1.29, 1.82) is 0 Å². The van der Waals surface area contributed by atoms with Crippen LogP contribution in [0.5, 0.6) is 0 Å². The predicted molar refractivity (Wildman–Crippen MR) is 61.7 cm³/mol. The van der Waals surface area contributed by atoms with Crippen LogP contribution in [0.1, 0.15) is 12.8 Å². The van der Waals surface area contributed by atoms with E-state index in [0.29, 0.717) is 0 Å². The van der Waals surface area contributed by atoms with Crippen molar-refractivity contribution in [2.45, 2.75) is 12.8 Å². The molecule has 1 aliphatic rings. The number of pyridine rings is 1. The molecule has 0 unspecified atom stereocenters. The molecule has 2 heterocycles. The highest BCUT2D eigenvalue weighted by molar-refractivity contribution is 5.44. The molecule has 0 atom stereocenters. The summed E-state index contributed by atoms with van der Waals surface area (Å²) in [5.41, 5.74) is 5.29. The number of hydrogen-bond donors (Lipinski definition) is 2. The summed E-state index contributed by atoms with van der Waals surface area (Å²) in [6, 6.07) is 4.19. The Kier molecular flexibility index (Phi) is 7.55. The number of halogens is 2. The standard InChI is InChI=1S/C12H19N3O.2ClH/c13-9-12(10-16)3-7-15(8-4-12)11-1-5-14-6-2-11;;/h1-2,5-6,16H,3-4,7-10,13H2;2*1H. The van der Waals surface area contributed by atoms with Crippen LogP contribution < -0.4 is 40.4 Å². The number of aromatic nitrogens is 1. The van der Waals surface area contributed by atoms with Gasteiger partial charge in [-0.05, 0) is 12.8 Å². The molecule has 0 bridgehead atoms. The molecule has 0 amide bonds. The minimum atomic E-state index is 0. The number of nitrogens with zero attached hydrogens (tertiary/aromatic N) is 1. The lowest BCUT2D eigenvalue weighted by atomic mass is 9.79. The fourth-order valence-electron chi connectivity index (χ4n) is 2.32. The molecule has 6 heteroatoms. The second-order valence-electron chi connectivity index (χ2n) is 4.65. The average molecular weight is 294 g/mol. The molecule has 1 aromatic rings. The van der Waals surface area contributed by atoms with Crippen molar-refractivity contribution in [3.8, 4) is 0 Å². The fourth-order valence-corrected chi connectivity index (χ4v) is 2.32. The normalized spacial score (nSPS) is 17.6. The van der Waals surface area contributed by atoms with Gasteiger partial charge in [0, 0.05) is 36.3 Å². The maximum Gasteiger partial charge on any atom is 0.169 e. The molecule has 5 N–H and O–H groups in total. The zero-order chi connectivity index (χ0) is 11.4. The van der Waals surface area contributed by atoms with Gasteiger partial charge in [0.2, 0.25) is 0 Å². The van der Waals surface area contributed by atoms with E-state index in [0.717, 1.165) is 32.5 Å². The van der Waals surface area contributed by atoms with Crippen molar-refractivity contribution in [1.82, 2.24) is 0 Å². The zero-order valence-electron chi connectivity index (χ0n) is 10.4. The molecule has 0 aliphatic carbocycles. The van der Waals surface area contributed by atoms with Gasteiger partial charge in [0.1, 0.15) is 0 Å². The highest BCUT2D eigenvalue weighted by Gasteiger charge is 2.34. The van der Waals surface area contributed by atoms with Gasteiger partial charge in [-0.15, -0.1) is 0 Å². The van der Waals surface area contributed by atoms with E-state index in [9.17, 15) is 5.11 Å². The number of aromatic amines is 1. The van der Waals surface area contributed by atoms with Gasteiger partial charge in [-0.2, -0.15) is 0 Å². The number of rotatable bonds is 3. The molecule has 1 aromatic heterocycles. The minimum absolute atomic E-state index is 0. The summed E-state index contributed by atoms with van der Waals surface area (Å²) in [5, 5.41) is 9.43. The molecule has 1 fully saturated rings. The molecule has 4 nitrogen and oxygen atoms in total. The molecule has 1 saturated heterocycles. The number of aliphatic hydroxyl groups excluding tert-OH is 1. The van der Waals surface area contributed by atoms with Gasteiger partial charge in [0.15, 0.2) is 12.4 Å². The molecule has 18 heavy (non-hydrogen) atoms. The van der Waals surface area contributed by atoms with E-state index in [1.807, 2.05) is 12.4 Å². The maximum atomic E-state index is 9.43. The SMILES string of the molecule is [Cl-].[Cl-].[NH3+]CC1(CO)CCN(c2cc[nH+]cc2)CC1. The molecule has 1 aliphatic heterocycles. The predicted octanol–water partition coefficient (Wildman–Crippen LogP) is -6.67. The van der Waals surface area contributed by atoms with Crippen LogP contribution in [0.15, 0.2) is 24.5 Å². The highest BCUT2D eigenvalue weighted by atomic mass is 35.5. The van der Waals surface area contributed by atoms with Crippen molar-refractivity contribution >= 4 is 5.69 Å². The van der Waals surface area contributed by atoms with Crippen LogP contribution >= 0.6 is 0 Å². The van der Waals surface area contributed by atoms with Crippen LogP contribution in [0.3, 0.4) is 0 Å². The quantitative estimate of drug-likeness (QED) is 0.582. The first-order valence-electron chi connectivity index (χ1n) is 5.91. The summed E-state index contributed by atoms with van der Waals surface area (Å²) < 4.78 is 0. The van der Waals surface area contributed by atoms with E-state index in [-0.39, 0.29) is 36.8 Å². The van der Waals surface area contributed by atoms with Gasteiger partial charge >= 0.3 is 0 Å². The van der Waals surface area contributed by atoms with Crippen molar-refractivity contribution < 1.29 is 40.6 Å². The lowest BCUT2D eigenvalue weighted by molar-refractivity contribution is -0.396. The van der Waals surface area contributed by atoms with Crippen molar-refractivity contribution in [3.63, 3.8) is 0 Å². The number of aliphatic hydroxyl groups is 1. The van der Waals surface area contributed by atoms with Crippen molar-refractivity contribution in [2.24, 2.45) is 5.41 Å². The lowest BCUT2D eigenvalue weighted by Crippen LogP contribution is -3.00. The zero-order valence-corrected chi connectivity index (χ0v) is 11.9. The van der Waals surface area contributed by atoms with E-state index in [2.05, 4.69) is 27.8 Å². The molecule has 2 rings (SSSR count). The Morgan fingerprint density at radius 3 is 2.22 bits per heavy atom. The first-order valence-corrected chi connectivity index (χ1v) is 5.91. The second kappa shape index (κ2) is 7.79. The Morgan fingerprint density at radius 2 is 1.78 bits per heavy atom. The van der Waals surface area contributed by atoms with Crippen molar-refractivity contribution in [2.75, 3.05) is 31.1 Å². The topological polar surface area (TPSA) is 65.2 Å². The molecular weight excluding hydrogens is 273 g/mol. The van der Waals surface area contributed by atoms with Gasteiger partial charge in [-0.25, -0.2) is 4.98 Å². The van der Waals surface area contributed by atoms with Gasteiger partial charge in [-0.1, -0.05) is 0 Å². The lowest BCUT2D eigenvalue weighted by Gasteiger charge is -2.39. The number of nitrogens with one attached hydrogen (secondary N) is 1. The van der Waals surface area contributed by atoms with Crippen LogP contribution in [0.25, 0.3) is 0 Å².